The summed E-state index contributed by atoms with van der Waals surface area (Å²) in [5.41, 5.74) is 1.11. The Kier molecular flexibility index (Phi) is 3.84. The first-order valence-corrected chi connectivity index (χ1v) is 7.06. The molecule has 22 heavy (non-hydrogen) atoms. The smallest absolute Gasteiger partial charge is 0.166 e. The van der Waals surface area contributed by atoms with E-state index in [1.807, 2.05) is 30.3 Å². The molecule has 0 aliphatic rings. The molecule has 0 saturated carbocycles. The average Bonchev–Trinajstić information content (AvgIpc) is 2.54. The number of rotatable bonds is 2. The van der Waals surface area contributed by atoms with Crippen molar-refractivity contribution in [2.45, 2.75) is 0 Å². The number of benzene rings is 2. The van der Waals surface area contributed by atoms with Gasteiger partial charge in [-0.3, -0.25) is 0 Å². The second kappa shape index (κ2) is 5.80. The van der Waals surface area contributed by atoms with Gasteiger partial charge in [-0.25, -0.2) is 9.37 Å². The third-order valence-corrected chi connectivity index (χ3v) is 3.91. The maximum Gasteiger partial charge on any atom is 0.166 e. The predicted molar refractivity (Wildman–Crippen MR) is 86.2 cm³/mol. The summed E-state index contributed by atoms with van der Waals surface area (Å²) in [5, 5.41) is 12.8. The van der Waals surface area contributed by atoms with E-state index in [4.69, 9.17) is 23.2 Å². The number of aromatic nitrogens is 1. The zero-order valence-corrected chi connectivity index (χ0v) is 12.6. The minimum Gasteiger partial charge on any atom is -0.337 e. The number of nitriles is 1. The molecule has 1 aromatic heterocycles. The van der Waals surface area contributed by atoms with Crippen LogP contribution in [0.3, 0.4) is 0 Å². The van der Waals surface area contributed by atoms with E-state index in [1.165, 1.54) is 12.1 Å². The van der Waals surface area contributed by atoms with Crippen LogP contribution in [-0.4, -0.2) is 4.98 Å². The summed E-state index contributed by atoms with van der Waals surface area (Å²) < 4.78 is 14.1. The largest absolute Gasteiger partial charge is 0.337 e. The van der Waals surface area contributed by atoms with Crippen molar-refractivity contribution in [1.29, 1.82) is 5.26 Å². The van der Waals surface area contributed by atoms with Gasteiger partial charge in [0.05, 0.1) is 26.8 Å². The van der Waals surface area contributed by atoms with E-state index in [9.17, 15) is 9.65 Å². The minimum absolute atomic E-state index is 0.105. The van der Waals surface area contributed by atoms with Gasteiger partial charge < -0.3 is 5.32 Å². The minimum atomic E-state index is -0.687. The Morgan fingerprint density at radius 1 is 1.14 bits per heavy atom. The fourth-order valence-electron chi connectivity index (χ4n) is 2.05. The van der Waals surface area contributed by atoms with Crippen LogP contribution in [0, 0.1) is 17.1 Å². The fourth-order valence-corrected chi connectivity index (χ4v) is 2.36. The lowest BCUT2D eigenvalue weighted by Crippen LogP contribution is -2.00. The van der Waals surface area contributed by atoms with E-state index in [2.05, 4.69) is 10.3 Å². The number of hydrogen-bond donors (Lipinski definition) is 1. The van der Waals surface area contributed by atoms with Crippen molar-refractivity contribution in [2.75, 3.05) is 5.32 Å². The number of hydrogen-bond acceptors (Lipinski definition) is 3. The lowest BCUT2D eigenvalue weighted by atomic mass is 10.1. The summed E-state index contributed by atoms with van der Waals surface area (Å²) in [6.07, 6.45) is 0. The van der Waals surface area contributed by atoms with E-state index in [0.29, 0.717) is 11.1 Å². The van der Waals surface area contributed by atoms with Crippen molar-refractivity contribution in [1.82, 2.24) is 4.98 Å². The lowest BCUT2D eigenvalue weighted by Gasteiger charge is -2.11. The van der Waals surface area contributed by atoms with Crippen LogP contribution in [0.2, 0.25) is 10.0 Å². The van der Waals surface area contributed by atoms with E-state index in [-0.39, 0.29) is 21.6 Å². The Balaban J connectivity index is 2.11. The van der Waals surface area contributed by atoms with Crippen LogP contribution < -0.4 is 5.32 Å². The van der Waals surface area contributed by atoms with Crippen LogP contribution in [-0.2, 0) is 0 Å². The number of anilines is 2. The van der Waals surface area contributed by atoms with Crippen molar-refractivity contribution in [3.8, 4) is 6.07 Å². The van der Waals surface area contributed by atoms with E-state index in [0.717, 1.165) is 5.39 Å². The van der Waals surface area contributed by atoms with Crippen molar-refractivity contribution in [2.24, 2.45) is 0 Å². The molecule has 0 saturated heterocycles. The molecule has 3 nitrogen and oxygen atoms in total. The van der Waals surface area contributed by atoms with E-state index in [1.54, 1.807) is 6.07 Å². The number of nitrogens with one attached hydrogen (secondary N) is 1. The molecule has 0 atom stereocenters. The molecule has 3 rings (SSSR count). The molecular formula is C16H8Cl2FN3. The third-order valence-electron chi connectivity index (χ3n) is 3.13. The number of nitrogens with zero attached hydrogens (tertiary/aromatic N) is 2. The first-order valence-electron chi connectivity index (χ1n) is 6.30. The quantitative estimate of drug-likeness (QED) is 0.648. The summed E-state index contributed by atoms with van der Waals surface area (Å²) in [6, 6.07) is 14.0. The highest BCUT2D eigenvalue weighted by molar-refractivity contribution is 6.42. The summed E-state index contributed by atoms with van der Waals surface area (Å²) in [5.74, 6) is -0.425. The third kappa shape index (κ3) is 2.57. The monoisotopic (exact) mass is 331 g/mol. The van der Waals surface area contributed by atoms with Gasteiger partial charge in [-0.2, -0.15) is 5.26 Å². The lowest BCUT2D eigenvalue weighted by molar-refractivity contribution is 0.632. The molecular weight excluding hydrogens is 324 g/mol. The van der Waals surface area contributed by atoms with Gasteiger partial charge in [0.25, 0.3) is 0 Å². The zero-order valence-electron chi connectivity index (χ0n) is 11.1. The highest BCUT2D eigenvalue weighted by Crippen LogP contribution is 2.32. The molecule has 0 radical (unpaired) electrons. The van der Waals surface area contributed by atoms with Gasteiger partial charge in [-0.15, -0.1) is 0 Å². The van der Waals surface area contributed by atoms with Crippen molar-refractivity contribution in [3.05, 3.63) is 63.9 Å². The van der Waals surface area contributed by atoms with Gasteiger partial charge in [-0.05, 0) is 24.3 Å². The molecule has 1 N–H and O–H groups in total. The van der Waals surface area contributed by atoms with Crippen LogP contribution in [0.15, 0.2) is 42.5 Å². The molecule has 0 aliphatic heterocycles. The first-order chi connectivity index (χ1) is 10.6. The number of pyridine rings is 1. The molecule has 1 heterocycles. The van der Waals surface area contributed by atoms with Gasteiger partial charge in [0.15, 0.2) is 5.82 Å². The molecule has 0 aliphatic carbocycles. The molecule has 0 spiro atoms. The standard InChI is InChI=1S/C16H8Cl2FN3/c17-11-5-6-13(15(19)14(11)18)22-16-10(8-20)7-9-3-1-2-4-12(9)21-16/h1-7H,(H,21,22). The number of halogens is 3. The Labute approximate surface area is 135 Å². The molecule has 3 aromatic rings. The van der Waals surface area contributed by atoms with Crippen molar-refractivity contribution < 1.29 is 4.39 Å². The molecule has 108 valence electrons. The zero-order chi connectivity index (χ0) is 15.7. The van der Waals surface area contributed by atoms with E-state index < -0.39 is 5.82 Å². The van der Waals surface area contributed by atoms with Crippen LogP contribution in [0.1, 0.15) is 5.56 Å². The Hall–Kier alpha value is -2.35. The SMILES string of the molecule is N#Cc1cc2ccccc2nc1Nc1ccc(Cl)c(Cl)c1F. The Morgan fingerprint density at radius 2 is 1.91 bits per heavy atom. The van der Waals surface area contributed by atoms with Gasteiger partial charge in [0.2, 0.25) is 0 Å². The topological polar surface area (TPSA) is 48.7 Å². The van der Waals surface area contributed by atoms with Crippen LogP contribution >= 0.6 is 23.2 Å². The number of fused-ring (bicyclic) bond motifs is 1. The van der Waals surface area contributed by atoms with Crippen molar-refractivity contribution >= 4 is 45.6 Å². The highest BCUT2D eigenvalue weighted by atomic mass is 35.5. The van der Waals surface area contributed by atoms with Gasteiger partial charge in [0, 0.05) is 5.39 Å². The second-order valence-electron chi connectivity index (χ2n) is 4.54. The van der Waals surface area contributed by atoms with Crippen LogP contribution in [0.25, 0.3) is 10.9 Å². The predicted octanol–water partition coefficient (Wildman–Crippen LogP) is 5.30. The molecule has 2 aromatic carbocycles. The number of para-hydroxylation sites is 1. The molecule has 0 unspecified atom stereocenters. The maximum absolute atomic E-state index is 14.1. The summed E-state index contributed by atoms with van der Waals surface area (Å²) in [7, 11) is 0. The molecule has 0 bridgehead atoms. The second-order valence-corrected chi connectivity index (χ2v) is 5.32. The fraction of sp³-hybridized carbons (Fsp3) is 0. The first kappa shape index (κ1) is 14.6. The van der Waals surface area contributed by atoms with E-state index >= 15 is 0 Å². The maximum atomic E-state index is 14.1. The van der Waals surface area contributed by atoms with Gasteiger partial charge in [0.1, 0.15) is 11.9 Å². The summed E-state index contributed by atoms with van der Waals surface area (Å²) >= 11 is 11.5. The summed E-state index contributed by atoms with van der Waals surface area (Å²) in [4.78, 5) is 4.36. The van der Waals surface area contributed by atoms with Crippen molar-refractivity contribution in [3.63, 3.8) is 0 Å². The molecule has 6 heteroatoms. The summed E-state index contributed by atoms with van der Waals surface area (Å²) in [6.45, 7) is 0. The highest BCUT2D eigenvalue weighted by Gasteiger charge is 2.13. The van der Waals surface area contributed by atoms with Gasteiger partial charge in [-0.1, -0.05) is 41.4 Å². The molecule has 0 fully saturated rings. The van der Waals surface area contributed by atoms with Crippen LogP contribution in [0.4, 0.5) is 15.9 Å². The Morgan fingerprint density at radius 3 is 2.68 bits per heavy atom. The van der Waals surface area contributed by atoms with Crippen LogP contribution in [0.5, 0.6) is 0 Å². The average molecular weight is 332 g/mol. The normalized spacial score (nSPS) is 10.5. The van der Waals surface area contributed by atoms with Gasteiger partial charge >= 0.3 is 0 Å². The molecule has 0 amide bonds. The Bertz CT molecular complexity index is 919.